The molecule has 41 heavy (non-hydrogen) atoms. The van der Waals surface area contributed by atoms with E-state index in [0.717, 1.165) is 31.6 Å². The predicted octanol–water partition coefficient (Wildman–Crippen LogP) is 3.59. The van der Waals surface area contributed by atoms with Gasteiger partial charge in [-0.15, -0.1) is 0 Å². The number of nitrogens with zero attached hydrogens (tertiary/aromatic N) is 6. The van der Waals surface area contributed by atoms with E-state index < -0.39 is 11.7 Å². The van der Waals surface area contributed by atoms with Gasteiger partial charge >= 0.3 is 0 Å². The van der Waals surface area contributed by atoms with E-state index in [0.29, 0.717) is 23.5 Å². The highest BCUT2D eigenvalue weighted by atomic mass is 19.1. The third kappa shape index (κ3) is 5.99. The van der Waals surface area contributed by atoms with Crippen molar-refractivity contribution in [1.29, 1.82) is 5.26 Å². The highest BCUT2D eigenvalue weighted by Crippen LogP contribution is 2.27. The van der Waals surface area contributed by atoms with Crippen LogP contribution in [0, 0.1) is 17.1 Å². The van der Waals surface area contributed by atoms with Gasteiger partial charge in [-0.3, -0.25) is 14.4 Å². The normalized spacial score (nSPS) is 13.0. The SMILES string of the molecule is CCN1CCc2ccc(Cn3cc(C(=O)NCc4c(-n5ccc(C#N)n5)ccc(OC)c4F)c(COC)n3)cc2C1. The largest absolute Gasteiger partial charge is 0.494 e. The van der Waals surface area contributed by atoms with Gasteiger partial charge in [0, 0.05) is 44.7 Å². The zero-order valence-corrected chi connectivity index (χ0v) is 23.4. The molecule has 5 rings (SSSR count). The molecule has 1 N–H and O–H groups in total. The molecule has 10 nitrogen and oxygen atoms in total. The zero-order valence-electron chi connectivity index (χ0n) is 23.4. The quantitative estimate of drug-likeness (QED) is 0.317. The lowest BCUT2D eigenvalue weighted by Crippen LogP contribution is -2.30. The number of nitriles is 1. The van der Waals surface area contributed by atoms with Crippen molar-refractivity contribution in [3.63, 3.8) is 0 Å². The zero-order chi connectivity index (χ0) is 28.9. The number of aromatic nitrogens is 4. The third-order valence-corrected chi connectivity index (χ3v) is 7.30. The Kier molecular flexibility index (Phi) is 8.42. The topological polar surface area (TPSA) is 110 Å². The summed E-state index contributed by atoms with van der Waals surface area (Å²) in [6.45, 7) is 5.70. The fourth-order valence-electron chi connectivity index (χ4n) is 5.11. The summed E-state index contributed by atoms with van der Waals surface area (Å²) in [7, 11) is 2.91. The lowest BCUT2D eigenvalue weighted by molar-refractivity contribution is 0.0945. The Morgan fingerprint density at radius 2 is 2.02 bits per heavy atom. The van der Waals surface area contributed by atoms with Crippen LogP contribution in [0.2, 0.25) is 0 Å². The van der Waals surface area contributed by atoms with Crippen LogP contribution in [0.15, 0.2) is 48.8 Å². The highest BCUT2D eigenvalue weighted by molar-refractivity contribution is 5.95. The standard InChI is InChI=1S/C30H32FN7O3/c1-4-36-11-9-21-6-5-20(13-22(21)17-36)16-37-18-25(26(35-37)19-40-2)30(39)33-15-24-27(7-8-28(41-3)29(24)31)38-12-10-23(14-32)34-38/h5-8,10,12-13,18H,4,9,11,15-17,19H2,1-3H3,(H,33,39). The van der Waals surface area contributed by atoms with Crippen LogP contribution in [0.5, 0.6) is 5.75 Å². The molecule has 2 aromatic heterocycles. The van der Waals surface area contributed by atoms with E-state index in [1.54, 1.807) is 30.3 Å². The summed E-state index contributed by atoms with van der Waals surface area (Å²) in [6.07, 6.45) is 4.30. The number of carbonyl (C=O) groups is 1. The highest BCUT2D eigenvalue weighted by Gasteiger charge is 2.21. The molecule has 0 saturated heterocycles. The molecular formula is C30H32FN7O3. The number of benzene rings is 2. The van der Waals surface area contributed by atoms with Crippen LogP contribution < -0.4 is 10.1 Å². The van der Waals surface area contributed by atoms with Crippen molar-refractivity contribution in [3.05, 3.63) is 93.8 Å². The Bertz CT molecular complexity index is 1600. The maximum Gasteiger partial charge on any atom is 0.255 e. The summed E-state index contributed by atoms with van der Waals surface area (Å²) < 4.78 is 28.9. The lowest BCUT2D eigenvalue weighted by Gasteiger charge is -2.27. The van der Waals surface area contributed by atoms with Gasteiger partial charge in [0.2, 0.25) is 0 Å². The van der Waals surface area contributed by atoms with Crippen LogP contribution in [0.25, 0.3) is 5.69 Å². The summed E-state index contributed by atoms with van der Waals surface area (Å²) in [5.41, 5.74) is 5.37. The maximum absolute atomic E-state index is 15.4. The first-order chi connectivity index (χ1) is 19.9. The molecule has 0 unspecified atom stereocenters. The number of amides is 1. The third-order valence-electron chi connectivity index (χ3n) is 7.30. The first-order valence-corrected chi connectivity index (χ1v) is 13.4. The van der Waals surface area contributed by atoms with E-state index >= 15 is 4.39 Å². The molecule has 0 saturated carbocycles. The molecule has 0 bridgehead atoms. The molecule has 1 aliphatic heterocycles. The van der Waals surface area contributed by atoms with Gasteiger partial charge in [0.05, 0.1) is 31.5 Å². The van der Waals surface area contributed by atoms with E-state index in [9.17, 15) is 4.79 Å². The van der Waals surface area contributed by atoms with Crippen molar-refractivity contribution < 1.29 is 18.7 Å². The molecule has 0 radical (unpaired) electrons. The summed E-state index contributed by atoms with van der Waals surface area (Å²) in [5.74, 6) is -1.01. The molecule has 3 heterocycles. The van der Waals surface area contributed by atoms with Crippen LogP contribution in [0.4, 0.5) is 4.39 Å². The molecule has 0 spiro atoms. The van der Waals surface area contributed by atoms with Gasteiger partial charge < -0.3 is 14.8 Å². The second kappa shape index (κ2) is 12.3. The molecule has 2 aromatic carbocycles. The molecule has 1 aliphatic rings. The number of fused-ring (bicyclic) bond motifs is 1. The van der Waals surface area contributed by atoms with E-state index in [4.69, 9.17) is 14.7 Å². The minimum atomic E-state index is -0.624. The average Bonchev–Trinajstić information content (AvgIpc) is 3.63. The second-order valence-electron chi connectivity index (χ2n) is 9.86. The maximum atomic E-state index is 15.4. The summed E-state index contributed by atoms with van der Waals surface area (Å²) in [6, 6.07) is 13.1. The van der Waals surface area contributed by atoms with Crippen molar-refractivity contribution in [3.8, 4) is 17.5 Å². The minimum Gasteiger partial charge on any atom is -0.494 e. The molecule has 1 amide bonds. The fraction of sp³-hybridized carbons (Fsp3) is 0.333. The van der Waals surface area contributed by atoms with E-state index in [1.165, 1.54) is 35.1 Å². The minimum absolute atomic E-state index is 0.0330. The van der Waals surface area contributed by atoms with Crippen molar-refractivity contribution in [2.45, 2.75) is 39.6 Å². The number of likely N-dealkylation sites (N-methyl/N-ethyl adjacent to an activating group) is 1. The summed E-state index contributed by atoms with van der Waals surface area (Å²) in [5, 5.41) is 20.7. The first-order valence-electron chi connectivity index (χ1n) is 13.4. The van der Waals surface area contributed by atoms with Crippen molar-refractivity contribution in [1.82, 2.24) is 29.8 Å². The summed E-state index contributed by atoms with van der Waals surface area (Å²) in [4.78, 5) is 15.8. The monoisotopic (exact) mass is 557 g/mol. The van der Waals surface area contributed by atoms with Crippen LogP contribution in [0.3, 0.4) is 0 Å². The fourth-order valence-corrected chi connectivity index (χ4v) is 5.11. The molecule has 0 atom stereocenters. The predicted molar refractivity (Wildman–Crippen MR) is 149 cm³/mol. The summed E-state index contributed by atoms with van der Waals surface area (Å²) >= 11 is 0. The van der Waals surface area contributed by atoms with E-state index in [2.05, 4.69) is 45.5 Å². The number of hydrogen-bond acceptors (Lipinski definition) is 7. The Hall–Kier alpha value is -4.53. The van der Waals surface area contributed by atoms with Gasteiger partial charge in [-0.2, -0.15) is 15.5 Å². The smallest absolute Gasteiger partial charge is 0.255 e. The average molecular weight is 558 g/mol. The Morgan fingerprint density at radius 3 is 2.76 bits per heavy atom. The number of rotatable bonds is 10. The molecule has 4 aromatic rings. The second-order valence-corrected chi connectivity index (χ2v) is 9.86. The number of nitrogens with one attached hydrogen (secondary N) is 1. The molecule has 0 aliphatic carbocycles. The Balaban J connectivity index is 1.37. The van der Waals surface area contributed by atoms with Crippen LogP contribution in [-0.4, -0.2) is 57.7 Å². The van der Waals surface area contributed by atoms with Gasteiger partial charge in [-0.1, -0.05) is 25.1 Å². The Labute approximate surface area is 237 Å². The van der Waals surface area contributed by atoms with E-state index in [-0.39, 0.29) is 30.2 Å². The molecule has 212 valence electrons. The van der Waals surface area contributed by atoms with Gasteiger partial charge in [0.25, 0.3) is 5.91 Å². The lowest BCUT2D eigenvalue weighted by atomic mass is 9.97. The van der Waals surface area contributed by atoms with Crippen LogP contribution in [0.1, 0.15) is 50.9 Å². The van der Waals surface area contributed by atoms with Crippen molar-refractivity contribution >= 4 is 5.91 Å². The van der Waals surface area contributed by atoms with Crippen LogP contribution in [-0.2, 0) is 37.4 Å². The molecule has 11 heteroatoms. The Morgan fingerprint density at radius 1 is 1.17 bits per heavy atom. The number of hydrogen-bond donors (Lipinski definition) is 1. The van der Waals surface area contributed by atoms with Gasteiger partial charge in [0.1, 0.15) is 11.8 Å². The van der Waals surface area contributed by atoms with Crippen molar-refractivity contribution in [2.75, 3.05) is 27.3 Å². The molecule has 0 fully saturated rings. The van der Waals surface area contributed by atoms with Crippen molar-refractivity contribution in [2.24, 2.45) is 0 Å². The van der Waals surface area contributed by atoms with E-state index in [1.807, 2.05) is 6.07 Å². The number of ether oxygens (including phenoxy) is 2. The van der Waals surface area contributed by atoms with Crippen LogP contribution >= 0.6 is 0 Å². The van der Waals surface area contributed by atoms with Gasteiger partial charge in [-0.25, -0.2) is 9.07 Å². The van der Waals surface area contributed by atoms with Gasteiger partial charge in [-0.05, 0) is 47.9 Å². The number of halogens is 1. The first kappa shape index (κ1) is 28.0. The molecular weight excluding hydrogens is 525 g/mol. The number of carbonyl (C=O) groups excluding carboxylic acids is 1. The van der Waals surface area contributed by atoms with Gasteiger partial charge in [0.15, 0.2) is 17.3 Å². The number of methoxy groups -OCH3 is 2.